The van der Waals surface area contributed by atoms with Crippen LogP contribution in [0.4, 0.5) is 5.69 Å². The van der Waals surface area contributed by atoms with E-state index in [0.29, 0.717) is 5.69 Å². The van der Waals surface area contributed by atoms with E-state index < -0.39 is 5.97 Å². The molecule has 6 heteroatoms. The lowest BCUT2D eigenvalue weighted by atomic mass is 10.1. The van der Waals surface area contributed by atoms with E-state index in [1.54, 1.807) is 0 Å². The van der Waals surface area contributed by atoms with Crippen LogP contribution in [0.25, 0.3) is 10.6 Å². The van der Waals surface area contributed by atoms with E-state index in [-0.39, 0.29) is 18.9 Å². The molecule has 0 aliphatic rings. The molecule has 1 N–H and O–H groups in total. The fourth-order valence-corrected chi connectivity index (χ4v) is 3.84. The van der Waals surface area contributed by atoms with Gasteiger partial charge in [0.05, 0.1) is 12.1 Å². The molecule has 5 nitrogen and oxygen atoms in total. The van der Waals surface area contributed by atoms with Crippen molar-refractivity contribution in [1.82, 2.24) is 4.98 Å². The van der Waals surface area contributed by atoms with Crippen LogP contribution in [0.5, 0.6) is 0 Å². The van der Waals surface area contributed by atoms with Crippen molar-refractivity contribution in [3.63, 3.8) is 0 Å². The van der Waals surface area contributed by atoms with Crippen molar-refractivity contribution in [2.75, 3.05) is 11.9 Å². The molecule has 3 rings (SSSR count). The number of ether oxygens (including phenoxy) is 1. The Bertz CT molecular complexity index is 1030. The zero-order valence-electron chi connectivity index (χ0n) is 16.8. The van der Waals surface area contributed by atoms with E-state index in [9.17, 15) is 9.59 Å². The van der Waals surface area contributed by atoms with Gasteiger partial charge in [0, 0.05) is 16.6 Å². The average Bonchev–Trinajstić information content (AvgIpc) is 3.16. The van der Waals surface area contributed by atoms with Gasteiger partial charge in [-0.15, -0.1) is 11.3 Å². The van der Waals surface area contributed by atoms with Gasteiger partial charge in [0.15, 0.2) is 6.61 Å². The summed E-state index contributed by atoms with van der Waals surface area (Å²) in [5.41, 5.74) is 5.65. The third kappa shape index (κ3) is 5.51. The molecule has 0 atom stereocenters. The number of rotatable bonds is 7. The summed E-state index contributed by atoms with van der Waals surface area (Å²) in [6.45, 7) is 5.68. The van der Waals surface area contributed by atoms with E-state index in [4.69, 9.17) is 4.74 Å². The summed E-state index contributed by atoms with van der Waals surface area (Å²) in [6.07, 6.45) is 0.852. The van der Waals surface area contributed by atoms with Crippen molar-refractivity contribution in [1.29, 1.82) is 0 Å². The van der Waals surface area contributed by atoms with Crippen LogP contribution in [0.2, 0.25) is 0 Å². The second-order valence-corrected chi connectivity index (χ2v) is 7.72. The Kier molecular flexibility index (Phi) is 6.77. The number of anilines is 1. The quantitative estimate of drug-likeness (QED) is 0.575. The highest BCUT2D eigenvalue weighted by atomic mass is 32.1. The fraction of sp³-hybridized carbons (Fsp3) is 0.261. The van der Waals surface area contributed by atoms with E-state index in [1.807, 2.05) is 62.5 Å². The van der Waals surface area contributed by atoms with E-state index in [1.165, 1.54) is 11.3 Å². The Balaban J connectivity index is 1.53. The number of nitrogens with one attached hydrogen (secondary N) is 1. The molecule has 0 bridgehead atoms. The van der Waals surface area contributed by atoms with Crippen molar-refractivity contribution in [2.24, 2.45) is 0 Å². The topological polar surface area (TPSA) is 68.3 Å². The van der Waals surface area contributed by atoms with E-state index >= 15 is 0 Å². The van der Waals surface area contributed by atoms with Crippen molar-refractivity contribution >= 4 is 28.9 Å². The van der Waals surface area contributed by atoms with Gasteiger partial charge in [0.25, 0.3) is 5.91 Å². The summed E-state index contributed by atoms with van der Waals surface area (Å²) in [5.74, 6) is -0.817. The SMILES string of the molecule is CCc1cccc(C)c1NC(=O)COC(=O)Cc1csc(-c2cccc(C)c2)n1. The molecule has 0 spiro atoms. The molecule has 1 aromatic heterocycles. The molecule has 1 amide bonds. The molecule has 0 saturated carbocycles. The van der Waals surface area contributed by atoms with Crippen molar-refractivity contribution in [2.45, 2.75) is 33.6 Å². The standard InChI is InChI=1S/C23H24N2O3S/c1-4-17-9-6-8-16(3)22(17)25-20(26)13-28-21(27)12-19-14-29-23(24-19)18-10-5-7-15(2)11-18/h5-11,14H,4,12-13H2,1-3H3,(H,25,26). The van der Waals surface area contributed by atoms with Gasteiger partial charge in [0.2, 0.25) is 0 Å². The molecule has 2 aromatic carbocycles. The molecule has 0 saturated heterocycles. The van der Waals surface area contributed by atoms with Crippen LogP contribution in [0, 0.1) is 13.8 Å². The number of thiazole rings is 1. The normalized spacial score (nSPS) is 10.6. The Morgan fingerprint density at radius 3 is 2.69 bits per heavy atom. The lowest BCUT2D eigenvalue weighted by Gasteiger charge is -2.13. The summed E-state index contributed by atoms with van der Waals surface area (Å²) in [7, 11) is 0. The van der Waals surface area contributed by atoms with E-state index in [2.05, 4.69) is 16.4 Å². The molecule has 150 valence electrons. The summed E-state index contributed by atoms with van der Waals surface area (Å²) in [5, 5.41) is 5.56. The molecule has 0 unspecified atom stereocenters. The van der Waals surface area contributed by atoms with Crippen LogP contribution in [0.3, 0.4) is 0 Å². The van der Waals surface area contributed by atoms with Gasteiger partial charge >= 0.3 is 5.97 Å². The molecule has 0 radical (unpaired) electrons. The van der Waals surface area contributed by atoms with Gasteiger partial charge in [-0.3, -0.25) is 9.59 Å². The maximum atomic E-state index is 12.2. The first-order valence-corrected chi connectivity index (χ1v) is 10.4. The van der Waals surface area contributed by atoms with Gasteiger partial charge in [-0.25, -0.2) is 4.98 Å². The average molecular weight is 409 g/mol. The Hall–Kier alpha value is -2.99. The van der Waals surface area contributed by atoms with Gasteiger partial charge < -0.3 is 10.1 Å². The Morgan fingerprint density at radius 2 is 1.93 bits per heavy atom. The molecule has 1 heterocycles. The number of nitrogens with zero attached hydrogens (tertiary/aromatic N) is 1. The van der Waals surface area contributed by atoms with Crippen LogP contribution in [0.15, 0.2) is 47.8 Å². The predicted octanol–water partition coefficient (Wildman–Crippen LogP) is 4.71. The van der Waals surface area contributed by atoms with E-state index in [0.717, 1.165) is 39.4 Å². The number of carbonyl (C=O) groups excluding carboxylic acids is 2. The van der Waals surface area contributed by atoms with Gasteiger partial charge in [-0.1, -0.05) is 48.9 Å². The molecule has 0 aliphatic heterocycles. The summed E-state index contributed by atoms with van der Waals surface area (Å²) in [6, 6.07) is 13.9. The number of benzene rings is 2. The summed E-state index contributed by atoms with van der Waals surface area (Å²) < 4.78 is 5.14. The highest BCUT2D eigenvalue weighted by molar-refractivity contribution is 7.13. The zero-order valence-corrected chi connectivity index (χ0v) is 17.6. The predicted molar refractivity (Wildman–Crippen MR) is 116 cm³/mol. The minimum Gasteiger partial charge on any atom is -0.455 e. The molecular weight excluding hydrogens is 384 g/mol. The molecule has 0 fully saturated rings. The van der Waals surface area contributed by atoms with Crippen LogP contribution in [-0.2, 0) is 27.2 Å². The number of amides is 1. The second-order valence-electron chi connectivity index (χ2n) is 6.86. The van der Waals surface area contributed by atoms with Crippen molar-refractivity contribution in [3.05, 3.63) is 70.2 Å². The first-order valence-electron chi connectivity index (χ1n) is 9.51. The van der Waals surface area contributed by atoms with Crippen molar-refractivity contribution in [3.8, 4) is 10.6 Å². The number of hydrogen-bond donors (Lipinski definition) is 1. The summed E-state index contributed by atoms with van der Waals surface area (Å²) >= 11 is 1.49. The number of hydrogen-bond acceptors (Lipinski definition) is 5. The smallest absolute Gasteiger partial charge is 0.312 e. The Labute approximate surface area is 174 Å². The van der Waals surface area contributed by atoms with Crippen LogP contribution >= 0.6 is 11.3 Å². The van der Waals surface area contributed by atoms with Gasteiger partial charge in [0.1, 0.15) is 5.01 Å². The van der Waals surface area contributed by atoms with Gasteiger partial charge in [-0.2, -0.15) is 0 Å². The van der Waals surface area contributed by atoms with Crippen LogP contribution < -0.4 is 5.32 Å². The van der Waals surface area contributed by atoms with Crippen LogP contribution in [0.1, 0.15) is 29.3 Å². The highest BCUT2D eigenvalue weighted by Gasteiger charge is 2.14. The molecule has 3 aromatic rings. The monoisotopic (exact) mass is 408 g/mol. The van der Waals surface area contributed by atoms with Crippen LogP contribution in [-0.4, -0.2) is 23.5 Å². The third-order valence-corrected chi connectivity index (χ3v) is 5.45. The first kappa shape index (κ1) is 20.7. The maximum absolute atomic E-state index is 12.2. The number of aromatic nitrogens is 1. The number of esters is 1. The summed E-state index contributed by atoms with van der Waals surface area (Å²) in [4.78, 5) is 28.8. The van der Waals surface area contributed by atoms with Crippen molar-refractivity contribution < 1.29 is 14.3 Å². The minimum atomic E-state index is -0.471. The fourth-order valence-electron chi connectivity index (χ4n) is 3.02. The first-order chi connectivity index (χ1) is 14.0. The number of aryl methyl sites for hydroxylation is 3. The zero-order chi connectivity index (χ0) is 20.8. The molecule has 0 aliphatic carbocycles. The largest absolute Gasteiger partial charge is 0.455 e. The minimum absolute atomic E-state index is 0.0418. The lowest BCUT2D eigenvalue weighted by molar-refractivity contribution is -0.146. The second kappa shape index (κ2) is 9.47. The number of carbonyl (C=O) groups is 2. The third-order valence-electron chi connectivity index (χ3n) is 4.51. The number of para-hydroxylation sites is 1. The van der Waals surface area contributed by atoms with Gasteiger partial charge in [-0.05, 0) is 37.5 Å². The molecule has 29 heavy (non-hydrogen) atoms. The Morgan fingerprint density at radius 1 is 1.14 bits per heavy atom. The maximum Gasteiger partial charge on any atom is 0.312 e. The lowest BCUT2D eigenvalue weighted by Crippen LogP contribution is -2.22. The highest BCUT2D eigenvalue weighted by Crippen LogP contribution is 2.25. The molecular formula is C23H24N2O3S.